The normalized spacial score (nSPS) is 11.8. The summed E-state index contributed by atoms with van der Waals surface area (Å²) in [5.74, 6) is 4.32. The van der Waals surface area contributed by atoms with Crippen molar-refractivity contribution >= 4 is 49.7 Å². The van der Waals surface area contributed by atoms with E-state index in [0.29, 0.717) is 41.4 Å². The predicted molar refractivity (Wildman–Crippen MR) is 191 cm³/mol. The highest BCUT2D eigenvalue weighted by Crippen LogP contribution is 2.36. The summed E-state index contributed by atoms with van der Waals surface area (Å²) in [6.45, 7) is 3.39. The second-order valence-electron chi connectivity index (χ2n) is 11.6. The van der Waals surface area contributed by atoms with Gasteiger partial charge >= 0.3 is 5.97 Å². The van der Waals surface area contributed by atoms with Crippen LogP contribution in [0.1, 0.15) is 68.8 Å². The number of halogens is 1. The molecule has 12 heteroatoms. The molecule has 0 saturated carbocycles. The molecule has 0 aliphatic carbocycles. The maximum absolute atomic E-state index is 14.6. The van der Waals surface area contributed by atoms with Crippen LogP contribution in [-0.4, -0.2) is 64.7 Å². The van der Waals surface area contributed by atoms with E-state index in [9.17, 15) is 14.3 Å². The molecule has 1 atom stereocenters. The van der Waals surface area contributed by atoms with E-state index in [4.69, 9.17) is 15.5 Å². The van der Waals surface area contributed by atoms with Crippen LogP contribution in [0.5, 0.6) is 5.75 Å². The minimum atomic E-state index is -1.08. The number of nitrogens with one attached hydrogen (secondary N) is 1. The number of unbranched alkanes of at least 4 members (excludes halogenated alkanes) is 1. The molecule has 3 heterocycles. The first kappa shape index (κ1) is 34.9. The zero-order valence-electron chi connectivity index (χ0n) is 27.3. The second kappa shape index (κ2) is 16.6. The molecule has 0 saturated heterocycles. The van der Waals surface area contributed by atoms with Gasteiger partial charge in [-0.25, -0.2) is 19.2 Å². The Kier molecular flexibility index (Phi) is 12.1. The molecule has 0 bridgehead atoms. The molecule has 250 valence electrons. The molecular weight excluding hydrogens is 648 g/mol. The van der Waals surface area contributed by atoms with Crippen molar-refractivity contribution in [2.75, 3.05) is 39.1 Å². The maximum atomic E-state index is 14.6. The lowest BCUT2D eigenvalue weighted by Gasteiger charge is -2.16. The Balaban J connectivity index is 1.28. The minimum absolute atomic E-state index is 0.0384. The number of carboxylic acid groups (broad SMARTS) is 1. The summed E-state index contributed by atoms with van der Waals surface area (Å²) in [5, 5.41) is 14.9. The van der Waals surface area contributed by atoms with Crippen LogP contribution in [0, 0.1) is 24.6 Å². The Morgan fingerprint density at radius 2 is 1.96 bits per heavy atom. The number of anilines is 2. The summed E-state index contributed by atoms with van der Waals surface area (Å²) in [7, 11) is 3.84. The van der Waals surface area contributed by atoms with Gasteiger partial charge < -0.3 is 20.9 Å². The molecule has 0 radical (unpaired) electrons. The molecule has 0 aliphatic heterocycles. The van der Waals surface area contributed by atoms with E-state index in [-0.39, 0.29) is 24.0 Å². The van der Waals surface area contributed by atoms with Crippen LogP contribution in [0.4, 0.5) is 15.2 Å². The quantitative estimate of drug-likeness (QED) is 0.0773. The number of thiazole rings is 2. The van der Waals surface area contributed by atoms with E-state index in [2.05, 4.69) is 27.1 Å². The van der Waals surface area contributed by atoms with Crippen molar-refractivity contribution in [2.45, 2.75) is 44.9 Å². The number of hydrogen-bond donors (Lipinski definition) is 3. The van der Waals surface area contributed by atoms with Gasteiger partial charge in [-0.15, -0.1) is 11.3 Å². The van der Waals surface area contributed by atoms with E-state index >= 15 is 0 Å². The van der Waals surface area contributed by atoms with Gasteiger partial charge in [-0.3, -0.25) is 9.88 Å². The molecule has 0 spiro atoms. The first-order valence-electron chi connectivity index (χ1n) is 15.8. The highest BCUT2D eigenvalue weighted by molar-refractivity contribution is 7.22. The SMILES string of the molecule is Cc1cc(C(CCCCN)c2nc(C(=O)O)c(CCCOc3ccc(C#CCN(C)C)cc3F)s2)ncc1Nc1nc2ccccc2s1. The third-order valence-corrected chi connectivity index (χ3v) is 9.73. The first-order valence-corrected chi connectivity index (χ1v) is 17.4. The number of pyridine rings is 1. The fourth-order valence-corrected chi connectivity index (χ4v) is 7.22. The number of aromatic nitrogens is 3. The number of hydrogen-bond acceptors (Lipinski definition) is 10. The fourth-order valence-electron chi connectivity index (χ4n) is 5.10. The van der Waals surface area contributed by atoms with Gasteiger partial charge in [0.25, 0.3) is 0 Å². The van der Waals surface area contributed by atoms with E-state index in [1.165, 1.54) is 17.4 Å². The average molecular weight is 687 g/mol. The Bertz CT molecular complexity index is 1900. The van der Waals surface area contributed by atoms with E-state index in [0.717, 1.165) is 51.6 Å². The van der Waals surface area contributed by atoms with Gasteiger partial charge in [-0.1, -0.05) is 41.7 Å². The van der Waals surface area contributed by atoms with Gasteiger partial charge in [0, 0.05) is 10.4 Å². The molecule has 0 amide bonds. The third-order valence-electron chi connectivity index (χ3n) is 7.55. The van der Waals surface area contributed by atoms with Gasteiger partial charge in [0.2, 0.25) is 0 Å². The summed E-state index contributed by atoms with van der Waals surface area (Å²) < 4.78 is 21.4. The van der Waals surface area contributed by atoms with E-state index in [1.807, 2.05) is 56.3 Å². The summed E-state index contributed by atoms with van der Waals surface area (Å²) >= 11 is 2.97. The van der Waals surface area contributed by atoms with E-state index < -0.39 is 11.8 Å². The van der Waals surface area contributed by atoms with Gasteiger partial charge in [0.1, 0.15) is 5.01 Å². The maximum Gasteiger partial charge on any atom is 0.355 e. The fraction of sp³-hybridized carbons (Fsp3) is 0.333. The highest BCUT2D eigenvalue weighted by Gasteiger charge is 2.25. The monoisotopic (exact) mass is 686 g/mol. The summed E-state index contributed by atoms with van der Waals surface area (Å²) in [4.78, 5) is 28.9. The molecule has 5 rings (SSSR count). The topological polar surface area (TPSA) is 126 Å². The smallest absolute Gasteiger partial charge is 0.355 e. The number of carboxylic acids is 1. The number of aromatic carboxylic acids is 1. The Morgan fingerprint density at radius 3 is 2.69 bits per heavy atom. The number of para-hydroxylation sites is 1. The first-order chi connectivity index (χ1) is 23.2. The van der Waals surface area contributed by atoms with Crippen molar-refractivity contribution in [1.29, 1.82) is 0 Å². The van der Waals surface area contributed by atoms with Gasteiger partial charge in [-0.05, 0) is 95.2 Å². The molecule has 2 aromatic carbocycles. The lowest BCUT2D eigenvalue weighted by Crippen LogP contribution is -2.10. The van der Waals surface area contributed by atoms with Gasteiger partial charge in [0.05, 0.1) is 46.9 Å². The van der Waals surface area contributed by atoms with Crippen LogP contribution < -0.4 is 15.8 Å². The number of nitrogens with two attached hydrogens (primary N) is 1. The lowest BCUT2D eigenvalue weighted by atomic mass is 9.97. The lowest BCUT2D eigenvalue weighted by molar-refractivity contribution is 0.0689. The molecule has 4 N–H and O–H groups in total. The van der Waals surface area contributed by atoms with Crippen LogP contribution in [0.25, 0.3) is 10.2 Å². The van der Waals surface area contributed by atoms with Crippen molar-refractivity contribution in [3.63, 3.8) is 0 Å². The largest absolute Gasteiger partial charge is 0.491 e. The number of ether oxygens (including phenoxy) is 1. The van der Waals surface area contributed by atoms with Crippen LogP contribution in [0.2, 0.25) is 0 Å². The van der Waals surface area contributed by atoms with Crippen molar-refractivity contribution in [2.24, 2.45) is 5.73 Å². The van der Waals surface area contributed by atoms with Crippen LogP contribution in [0.15, 0.2) is 54.7 Å². The minimum Gasteiger partial charge on any atom is -0.491 e. The summed E-state index contributed by atoms with van der Waals surface area (Å²) in [6.07, 6.45) is 5.16. The Morgan fingerprint density at radius 1 is 1.12 bits per heavy atom. The number of carbonyl (C=O) groups is 1. The van der Waals surface area contributed by atoms with E-state index in [1.54, 1.807) is 29.7 Å². The Hall–Kier alpha value is -4.41. The molecule has 48 heavy (non-hydrogen) atoms. The molecule has 9 nitrogen and oxygen atoms in total. The average Bonchev–Trinajstić information content (AvgIpc) is 3.67. The second-order valence-corrected chi connectivity index (χ2v) is 13.8. The van der Waals surface area contributed by atoms with Gasteiger partial charge in [0.15, 0.2) is 22.4 Å². The highest BCUT2D eigenvalue weighted by atomic mass is 32.1. The van der Waals surface area contributed by atoms with Crippen molar-refractivity contribution in [3.8, 4) is 17.6 Å². The number of rotatable bonds is 15. The number of fused-ring (bicyclic) bond motifs is 1. The molecule has 0 fully saturated rings. The zero-order chi connectivity index (χ0) is 34.0. The molecular formula is C36H39FN6O3S2. The van der Waals surface area contributed by atoms with Gasteiger partial charge in [-0.2, -0.15) is 0 Å². The zero-order valence-corrected chi connectivity index (χ0v) is 28.9. The summed E-state index contributed by atoms with van der Waals surface area (Å²) in [6, 6.07) is 14.7. The third kappa shape index (κ3) is 9.14. The molecule has 0 aliphatic rings. The summed E-state index contributed by atoms with van der Waals surface area (Å²) in [5.41, 5.74) is 10.0. The number of benzene rings is 2. The predicted octanol–water partition coefficient (Wildman–Crippen LogP) is 7.22. The van der Waals surface area contributed by atoms with Crippen LogP contribution in [-0.2, 0) is 6.42 Å². The molecule has 5 aromatic rings. The van der Waals surface area contributed by atoms with Crippen molar-refractivity contribution < 1.29 is 19.0 Å². The number of aryl methyl sites for hydroxylation is 2. The molecule has 3 aromatic heterocycles. The van der Waals surface area contributed by atoms with Crippen LogP contribution in [0.3, 0.4) is 0 Å². The molecule has 1 unspecified atom stereocenters. The standard InChI is InChI=1S/C36H39FN6O3S2/c1-23-20-28(39-22-29(23)41-36-40-27-12-4-5-13-31(27)48-36)25(11-6-7-17-38)34-42-33(35(44)45)32(47-34)14-9-19-46-30-16-15-24(21-26(30)37)10-8-18-43(2)3/h4-5,12-13,15-16,20-22,25H,6-7,9,11,14,17-19,38H2,1-3H3,(H,40,41)(H,44,45). The van der Waals surface area contributed by atoms with Crippen molar-refractivity contribution in [1.82, 2.24) is 19.9 Å². The van der Waals surface area contributed by atoms with Crippen molar-refractivity contribution in [3.05, 3.63) is 92.9 Å². The number of nitrogens with zero attached hydrogens (tertiary/aromatic N) is 4. The van der Waals surface area contributed by atoms with Crippen LogP contribution >= 0.6 is 22.7 Å². The Labute approximate surface area is 288 Å².